The minimum absolute atomic E-state index is 0.0317. The number of nitrogens with zero attached hydrogens (tertiary/aromatic N) is 1. The topological polar surface area (TPSA) is 77.1 Å². The van der Waals surface area contributed by atoms with Crippen LogP contribution < -0.4 is 19.5 Å². The van der Waals surface area contributed by atoms with Crippen LogP contribution in [0.5, 0.6) is 17.2 Å². The Balaban J connectivity index is 1.25. The lowest BCUT2D eigenvalue weighted by atomic mass is 9.99. The van der Waals surface area contributed by atoms with Crippen LogP contribution in [0, 0.1) is 11.7 Å². The van der Waals surface area contributed by atoms with Crippen molar-refractivity contribution in [2.24, 2.45) is 5.92 Å². The Morgan fingerprint density at radius 1 is 1.11 bits per heavy atom. The average molecular weight is 386 g/mol. The molecular weight excluding hydrogens is 367 g/mol. The van der Waals surface area contributed by atoms with Gasteiger partial charge < -0.3 is 24.4 Å². The van der Waals surface area contributed by atoms with Gasteiger partial charge in [0.25, 0.3) is 5.91 Å². The summed E-state index contributed by atoms with van der Waals surface area (Å²) in [5.74, 6) is 0.00661. The smallest absolute Gasteiger partial charge is 0.260 e. The second-order valence-electron chi connectivity index (χ2n) is 6.56. The fourth-order valence-electron chi connectivity index (χ4n) is 3.01. The Morgan fingerprint density at radius 2 is 1.86 bits per heavy atom. The molecule has 0 spiro atoms. The maximum Gasteiger partial charge on any atom is 0.260 e. The summed E-state index contributed by atoms with van der Waals surface area (Å²) in [4.78, 5) is 26.0. The van der Waals surface area contributed by atoms with Gasteiger partial charge in [0.2, 0.25) is 5.91 Å². The molecule has 0 aromatic heterocycles. The summed E-state index contributed by atoms with van der Waals surface area (Å²) >= 11 is 0. The predicted molar refractivity (Wildman–Crippen MR) is 98.0 cm³/mol. The number of anilines is 1. The molecule has 28 heavy (non-hydrogen) atoms. The molecule has 2 aliphatic rings. The van der Waals surface area contributed by atoms with Gasteiger partial charge in [-0.3, -0.25) is 9.59 Å². The first-order chi connectivity index (χ1) is 13.6. The molecule has 0 atom stereocenters. The molecule has 0 saturated carbocycles. The summed E-state index contributed by atoms with van der Waals surface area (Å²) in [7, 11) is 0. The Morgan fingerprint density at radius 3 is 2.64 bits per heavy atom. The van der Waals surface area contributed by atoms with Gasteiger partial charge in [-0.05, 0) is 24.3 Å². The third-order valence-corrected chi connectivity index (χ3v) is 4.60. The summed E-state index contributed by atoms with van der Waals surface area (Å²) in [5, 5.41) is 2.83. The number of likely N-dealkylation sites (tertiary alicyclic amines) is 1. The van der Waals surface area contributed by atoms with Crippen LogP contribution in [0.4, 0.5) is 10.1 Å². The molecule has 1 fully saturated rings. The Labute approximate surface area is 161 Å². The largest absolute Gasteiger partial charge is 0.486 e. The van der Waals surface area contributed by atoms with E-state index >= 15 is 0 Å². The molecule has 2 aromatic carbocycles. The summed E-state index contributed by atoms with van der Waals surface area (Å²) in [6, 6.07) is 11.1. The van der Waals surface area contributed by atoms with Crippen LogP contribution in [0.3, 0.4) is 0 Å². The number of amides is 2. The summed E-state index contributed by atoms with van der Waals surface area (Å²) in [5.41, 5.74) is 0.613. The van der Waals surface area contributed by atoms with Gasteiger partial charge in [-0.25, -0.2) is 4.39 Å². The van der Waals surface area contributed by atoms with Crippen molar-refractivity contribution in [3.05, 3.63) is 48.3 Å². The number of hydrogen-bond acceptors (Lipinski definition) is 5. The molecule has 0 unspecified atom stereocenters. The number of benzene rings is 2. The highest BCUT2D eigenvalue weighted by atomic mass is 19.1. The first kappa shape index (κ1) is 18.1. The Hall–Kier alpha value is -3.29. The van der Waals surface area contributed by atoms with E-state index in [-0.39, 0.29) is 30.1 Å². The van der Waals surface area contributed by atoms with Gasteiger partial charge in [-0.2, -0.15) is 0 Å². The van der Waals surface area contributed by atoms with E-state index in [9.17, 15) is 14.0 Å². The molecule has 4 rings (SSSR count). The van der Waals surface area contributed by atoms with Crippen LogP contribution >= 0.6 is 0 Å². The number of hydrogen-bond donors (Lipinski definition) is 1. The van der Waals surface area contributed by atoms with Crippen LogP contribution in [0.25, 0.3) is 0 Å². The third kappa shape index (κ3) is 3.85. The molecular formula is C20H19FN2O5. The van der Waals surface area contributed by atoms with E-state index < -0.39 is 5.82 Å². The van der Waals surface area contributed by atoms with Crippen LogP contribution in [-0.4, -0.2) is 49.6 Å². The Bertz CT molecular complexity index is 898. The number of halogens is 1. The lowest BCUT2D eigenvalue weighted by Gasteiger charge is -2.38. The highest BCUT2D eigenvalue weighted by Gasteiger charge is 2.36. The van der Waals surface area contributed by atoms with Gasteiger partial charge in [0, 0.05) is 24.8 Å². The molecule has 8 heteroatoms. The van der Waals surface area contributed by atoms with E-state index in [1.165, 1.54) is 17.0 Å². The van der Waals surface area contributed by atoms with Crippen molar-refractivity contribution >= 4 is 17.5 Å². The first-order valence-corrected chi connectivity index (χ1v) is 8.96. The minimum Gasteiger partial charge on any atom is -0.486 e. The zero-order valence-corrected chi connectivity index (χ0v) is 15.0. The van der Waals surface area contributed by atoms with Gasteiger partial charge in [0.1, 0.15) is 13.2 Å². The van der Waals surface area contributed by atoms with E-state index in [0.29, 0.717) is 43.5 Å². The standard InChI is InChI=1S/C20H19FN2O5/c21-15-3-1-2-4-16(15)28-12-19(24)23-10-13(11-23)20(25)22-14-5-6-17-18(9-14)27-8-7-26-17/h1-6,9,13H,7-8,10-12H2,(H,22,25). The molecule has 7 nitrogen and oxygen atoms in total. The minimum atomic E-state index is -0.518. The first-order valence-electron chi connectivity index (χ1n) is 8.96. The summed E-state index contributed by atoms with van der Waals surface area (Å²) in [6.07, 6.45) is 0. The monoisotopic (exact) mass is 386 g/mol. The number of fused-ring (bicyclic) bond motifs is 1. The molecule has 0 radical (unpaired) electrons. The van der Waals surface area contributed by atoms with Gasteiger partial charge in [0.05, 0.1) is 5.92 Å². The second kappa shape index (κ2) is 7.75. The summed E-state index contributed by atoms with van der Waals surface area (Å²) < 4.78 is 29.7. The number of carbonyl (C=O) groups is 2. The van der Waals surface area contributed by atoms with E-state index in [0.717, 1.165) is 0 Å². The van der Waals surface area contributed by atoms with E-state index in [1.807, 2.05) is 0 Å². The van der Waals surface area contributed by atoms with Gasteiger partial charge >= 0.3 is 0 Å². The Kier molecular flexibility index (Phi) is 5.01. The molecule has 2 amide bonds. The fourth-order valence-corrected chi connectivity index (χ4v) is 3.01. The van der Waals surface area contributed by atoms with Crippen LogP contribution in [0.1, 0.15) is 0 Å². The maximum atomic E-state index is 13.5. The van der Waals surface area contributed by atoms with Gasteiger partial charge in [0.15, 0.2) is 29.7 Å². The van der Waals surface area contributed by atoms with Crippen LogP contribution in [-0.2, 0) is 9.59 Å². The summed E-state index contributed by atoms with van der Waals surface area (Å²) in [6.45, 7) is 1.31. The SMILES string of the molecule is O=C(Nc1ccc2c(c1)OCCO2)C1CN(C(=O)COc2ccccc2F)C1. The van der Waals surface area contributed by atoms with E-state index in [2.05, 4.69) is 5.32 Å². The van der Waals surface area contributed by atoms with Crippen molar-refractivity contribution in [2.45, 2.75) is 0 Å². The van der Waals surface area contributed by atoms with Crippen molar-refractivity contribution in [2.75, 3.05) is 38.2 Å². The van der Waals surface area contributed by atoms with E-state index in [1.54, 1.807) is 30.3 Å². The number of carbonyl (C=O) groups excluding carboxylic acids is 2. The van der Waals surface area contributed by atoms with Crippen LogP contribution in [0.15, 0.2) is 42.5 Å². The molecule has 2 aromatic rings. The quantitative estimate of drug-likeness (QED) is 0.851. The molecule has 2 aliphatic heterocycles. The van der Waals surface area contributed by atoms with Crippen LogP contribution in [0.2, 0.25) is 0 Å². The number of nitrogens with one attached hydrogen (secondary N) is 1. The van der Waals surface area contributed by atoms with E-state index in [4.69, 9.17) is 14.2 Å². The number of rotatable bonds is 5. The molecule has 0 aliphatic carbocycles. The van der Waals surface area contributed by atoms with Gasteiger partial charge in [-0.15, -0.1) is 0 Å². The van der Waals surface area contributed by atoms with Crippen molar-refractivity contribution in [1.82, 2.24) is 4.90 Å². The van der Waals surface area contributed by atoms with Crippen molar-refractivity contribution < 1.29 is 28.2 Å². The lowest BCUT2D eigenvalue weighted by molar-refractivity contribution is -0.143. The van der Waals surface area contributed by atoms with Gasteiger partial charge in [-0.1, -0.05) is 12.1 Å². The normalized spacial score (nSPS) is 15.5. The highest BCUT2D eigenvalue weighted by Crippen LogP contribution is 2.33. The molecule has 1 saturated heterocycles. The second-order valence-corrected chi connectivity index (χ2v) is 6.56. The van der Waals surface area contributed by atoms with Crippen molar-refractivity contribution in [3.8, 4) is 17.2 Å². The zero-order chi connectivity index (χ0) is 19.5. The third-order valence-electron chi connectivity index (χ3n) is 4.60. The number of ether oxygens (including phenoxy) is 3. The average Bonchev–Trinajstić information content (AvgIpc) is 2.66. The molecule has 146 valence electrons. The lowest BCUT2D eigenvalue weighted by Crippen LogP contribution is -2.55. The molecule has 2 heterocycles. The molecule has 1 N–H and O–H groups in total. The van der Waals surface area contributed by atoms with Crippen molar-refractivity contribution in [3.63, 3.8) is 0 Å². The zero-order valence-electron chi connectivity index (χ0n) is 15.0. The highest BCUT2D eigenvalue weighted by molar-refractivity contribution is 5.95. The fraction of sp³-hybridized carbons (Fsp3) is 0.300. The van der Waals surface area contributed by atoms with Crippen molar-refractivity contribution in [1.29, 1.82) is 0 Å². The number of para-hydroxylation sites is 1. The predicted octanol–water partition coefficient (Wildman–Crippen LogP) is 2.07. The maximum absolute atomic E-state index is 13.5. The molecule has 0 bridgehead atoms.